The van der Waals surface area contributed by atoms with Gasteiger partial charge in [0.25, 0.3) is 0 Å². The van der Waals surface area contributed by atoms with Crippen molar-refractivity contribution < 1.29 is 9.13 Å². The van der Waals surface area contributed by atoms with E-state index in [0.29, 0.717) is 16.2 Å². The van der Waals surface area contributed by atoms with Gasteiger partial charge in [-0.2, -0.15) is 14.9 Å². The molecule has 1 heterocycles. The van der Waals surface area contributed by atoms with Crippen LogP contribution in [0, 0.1) is 10.6 Å². The van der Waals surface area contributed by atoms with E-state index in [1.165, 1.54) is 17.0 Å². The molecule has 0 amide bonds. The minimum Gasteiger partial charge on any atom is -0.491 e. The van der Waals surface area contributed by atoms with Gasteiger partial charge >= 0.3 is 0 Å². The molecule has 0 fully saturated rings. The standard InChI is InChI=1S/C18H17FN4OS/c1-12(2)24-15-8-5-7-13(10-15)17-21-22-18(25)23(17)20-11-14-6-3-4-9-16(14)19/h3-12H,1-2H3,(H,22,25)/b20-11+. The number of hydrogen-bond donors (Lipinski definition) is 1. The quantitative estimate of drug-likeness (QED) is 0.544. The van der Waals surface area contributed by atoms with E-state index in [4.69, 9.17) is 17.0 Å². The minimum absolute atomic E-state index is 0.0650. The number of nitrogens with zero attached hydrogens (tertiary/aromatic N) is 3. The second kappa shape index (κ2) is 7.40. The molecule has 1 aromatic heterocycles. The maximum Gasteiger partial charge on any atom is 0.216 e. The van der Waals surface area contributed by atoms with E-state index in [9.17, 15) is 4.39 Å². The molecule has 0 unspecified atom stereocenters. The summed E-state index contributed by atoms with van der Waals surface area (Å²) in [6, 6.07) is 13.9. The molecule has 128 valence electrons. The molecular formula is C18H17FN4OS. The predicted molar refractivity (Wildman–Crippen MR) is 98.0 cm³/mol. The highest BCUT2D eigenvalue weighted by Gasteiger charge is 2.10. The maximum absolute atomic E-state index is 13.8. The number of nitrogens with one attached hydrogen (secondary N) is 1. The van der Waals surface area contributed by atoms with Crippen LogP contribution in [0.2, 0.25) is 0 Å². The summed E-state index contributed by atoms with van der Waals surface area (Å²) in [7, 11) is 0. The molecule has 25 heavy (non-hydrogen) atoms. The zero-order chi connectivity index (χ0) is 17.8. The second-order valence-corrected chi connectivity index (χ2v) is 6.01. The summed E-state index contributed by atoms with van der Waals surface area (Å²) in [5, 5.41) is 11.2. The van der Waals surface area contributed by atoms with Crippen LogP contribution in [0.15, 0.2) is 53.6 Å². The molecule has 3 aromatic rings. The van der Waals surface area contributed by atoms with Crippen molar-refractivity contribution in [1.29, 1.82) is 0 Å². The summed E-state index contributed by atoms with van der Waals surface area (Å²) in [6.07, 6.45) is 1.48. The zero-order valence-corrected chi connectivity index (χ0v) is 14.6. The molecule has 1 N–H and O–H groups in total. The molecule has 0 aliphatic carbocycles. The predicted octanol–water partition coefficient (Wildman–Crippen LogP) is 4.42. The molecule has 0 aliphatic rings. The molecular weight excluding hydrogens is 339 g/mol. The van der Waals surface area contributed by atoms with E-state index in [2.05, 4.69) is 15.3 Å². The van der Waals surface area contributed by atoms with E-state index in [0.717, 1.165) is 11.3 Å². The largest absolute Gasteiger partial charge is 0.491 e. The Labute approximate surface area is 149 Å². The molecule has 0 radical (unpaired) electrons. The van der Waals surface area contributed by atoms with Crippen LogP contribution in [-0.4, -0.2) is 27.2 Å². The van der Waals surface area contributed by atoms with Crippen molar-refractivity contribution >= 4 is 18.4 Å². The van der Waals surface area contributed by atoms with Crippen molar-refractivity contribution in [3.63, 3.8) is 0 Å². The highest BCUT2D eigenvalue weighted by molar-refractivity contribution is 7.71. The number of benzene rings is 2. The first-order valence-electron chi connectivity index (χ1n) is 7.78. The molecule has 7 heteroatoms. The van der Waals surface area contributed by atoms with Gasteiger partial charge in [0, 0.05) is 11.1 Å². The first-order valence-corrected chi connectivity index (χ1v) is 8.19. The van der Waals surface area contributed by atoms with Crippen molar-refractivity contribution in [3.05, 3.63) is 64.7 Å². The molecule has 5 nitrogen and oxygen atoms in total. The molecule has 0 saturated heterocycles. The minimum atomic E-state index is -0.352. The third-order valence-corrected chi connectivity index (χ3v) is 3.60. The summed E-state index contributed by atoms with van der Waals surface area (Å²) < 4.78 is 21.2. The molecule has 0 atom stereocenters. The lowest BCUT2D eigenvalue weighted by Gasteiger charge is -2.10. The Kier molecular flexibility index (Phi) is 5.04. The molecule has 3 rings (SSSR count). The van der Waals surface area contributed by atoms with Crippen molar-refractivity contribution in [2.75, 3.05) is 0 Å². The van der Waals surface area contributed by atoms with Gasteiger partial charge in [0.1, 0.15) is 11.6 Å². The number of H-pyrrole nitrogens is 1. The molecule has 2 aromatic carbocycles. The summed E-state index contributed by atoms with van der Waals surface area (Å²) in [4.78, 5) is 0. The SMILES string of the molecule is CC(C)Oc1cccc(-c2n[nH]c(=S)n2/N=C/c2ccccc2F)c1. The van der Waals surface area contributed by atoms with Crippen molar-refractivity contribution in [2.45, 2.75) is 20.0 Å². The van der Waals surface area contributed by atoms with Gasteiger partial charge in [0.05, 0.1) is 12.3 Å². The van der Waals surface area contributed by atoms with Crippen molar-refractivity contribution in [1.82, 2.24) is 14.9 Å². The Morgan fingerprint density at radius 2 is 2.04 bits per heavy atom. The Hall–Kier alpha value is -2.80. The van der Waals surface area contributed by atoms with Crippen molar-refractivity contribution in [2.24, 2.45) is 5.10 Å². The van der Waals surface area contributed by atoms with Crippen LogP contribution in [0.3, 0.4) is 0 Å². The highest BCUT2D eigenvalue weighted by Crippen LogP contribution is 2.23. The fourth-order valence-electron chi connectivity index (χ4n) is 2.27. The van der Waals surface area contributed by atoms with Gasteiger partial charge in [-0.3, -0.25) is 0 Å². The van der Waals surface area contributed by atoms with Crippen LogP contribution in [-0.2, 0) is 0 Å². The summed E-state index contributed by atoms with van der Waals surface area (Å²) >= 11 is 5.23. The monoisotopic (exact) mass is 356 g/mol. The van der Waals surface area contributed by atoms with E-state index in [1.807, 2.05) is 38.1 Å². The third kappa shape index (κ3) is 4.00. The van der Waals surface area contributed by atoms with Crippen molar-refractivity contribution in [3.8, 4) is 17.1 Å². The van der Waals surface area contributed by atoms with Gasteiger partial charge in [-0.25, -0.2) is 9.49 Å². The lowest BCUT2D eigenvalue weighted by atomic mass is 10.2. The van der Waals surface area contributed by atoms with Crippen LogP contribution >= 0.6 is 12.2 Å². The first-order chi connectivity index (χ1) is 12.0. The maximum atomic E-state index is 13.8. The van der Waals surface area contributed by atoms with Gasteiger partial charge in [0.2, 0.25) is 4.77 Å². The van der Waals surface area contributed by atoms with E-state index in [-0.39, 0.29) is 11.9 Å². The zero-order valence-electron chi connectivity index (χ0n) is 13.8. The lowest BCUT2D eigenvalue weighted by molar-refractivity contribution is 0.242. The normalized spacial score (nSPS) is 11.4. The Morgan fingerprint density at radius 1 is 1.24 bits per heavy atom. The van der Waals surface area contributed by atoms with E-state index < -0.39 is 0 Å². The fraction of sp³-hybridized carbons (Fsp3) is 0.167. The number of rotatable bonds is 5. The van der Waals surface area contributed by atoms with Crippen LogP contribution in [0.1, 0.15) is 19.4 Å². The second-order valence-electron chi connectivity index (χ2n) is 5.62. The average molecular weight is 356 g/mol. The van der Waals surface area contributed by atoms with Gasteiger partial charge in [-0.15, -0.1) is 0 Å². The summed E-state index contributed by atoms with van der Waals surface area (Å²) in [5.41, 5.74) is 1.16. The van der Waals surface area contributed by atoms with Gasteiger partial charge in [-0.1, -0.05) is 30.3 Å². The summed E-state index contributed by atoms with van der Waals surface area (Å²) in [5.74, 6) is 0.896. The first kappa shape index (κ1) is 17.0. The van der Waals surface area contributed by atoms with Gasteiger partial charge in [-0.05, 0) is 44.3 Å². The van der Waals surface area contributed by atoms with Gasteiger partial charge < -0.3 is 4.74 Å². The third-order valence-electron chi connectivity index (χ3n) is 3.33. The molecule has 0 spiro atoms. The molecule has 0 aliphatic heterocycles. The number of aromatic amines is 1. The smallest absolute Gasteiger partial charge is 0.216 e. The van der Waals surface area contributed by atoms with Crippen LogP contribution in [0.25, 0.3) is 11.4 Å². The number of aromatic nitrogens is 3. The van der Waals surface area contributed by atoms with Crippen LogP contribution < -0.4 is 4.74 Å². The molecule has 0 saturated carbocycles. The average Bonchev–Trinajstić information content (AvgIpc) is 2.95. The van der Waals surface area contributed by atoms with Gasteiger partial charge in [0.15, 0.2) is 5.82 Å². The van der Waals surface area contributed by atoms with Crippen LogP contribution in [0.5, 0.6) is 5.75 Å². The fourth-order valence-corrected chi connectivity index (χ4v) is 2.45. The lowest BCUT2D eigenvalue weighted by Crippen LogP contribution is -2.05. The molecule has 0 bridgehead atoms. The highest BCUT2D eigenvalue weighted by atomic mass is 32.1. The number of halogens is 1. The Morgan fingerprint density at radius 3 is 2.80 bits per heavy atom. The number of ether oxygens (including phenoxy) is 1. The van der Waals surface area contributed by atoms with E-state index in [1.54, 1.807) is 18.2 Å². The van der Waals surface area contributed by atoms with Crippen LogP contribution in [0.4, 0.5) is 4.39 Å². The number of hydrogen-bond acceptors (Lipinski definition) is 4. The Balaban J connectivity index is 1.98. The summed E-state index contributed by atoms with van der Waals surface area (Å²) in [6.45, 7) is 3.92. The Bertz CT molecular complexity index is 961. The topological polar surface area (TPSA) is 55.2 Å². The van der Waals surface area contributed by atoms with E-state index >= 15 is 0 Å².